The second kappa shape index (κ2) is 12.3. The number of carbonyl (C=O) groups is 4. The number of nitrogens with one attached hydrogen (secondary N) is 2. The van der Waals surface area contributed by atoms with Gasteiger partial charge in [-0.05, 0) is 58.4 Å². The molecule has 12 nitrogen and oxygen atoms in total. The van der Waals surface area contributed by atoms with Crippen LogP contribution in [0.15, 0.2) is 41.3 Å². The van der Waals surface area contributed by atoms with Crippen LogP contribution in [0.1, 0.15) is 53.5 Å². The Morgan fingerprint density at radius 1 is 0.925 bits per heavy atom. The molecule has 0 unspecified atom stereocenters. The van der Waals surface area contributed by atoms with Gasteiger partial charge in [-0.1, -0.05) is 19.1 Å². The minimum Gasteiger partial charge on any atom is -0.444 e. The first-order valence-corrected chi connectivity index (χ1v) is 13.3. The number of nitrogens with zero attached hydrogens (tertiary/aromatic N) is 4. The van der Waals surface area contributed by atoms with Gasteiger partial charge in [-0.25, -0.2) is 14.4 Å². The number of benzene rings is 1. The highest BCUT2D eigenvalue weighted by Crippen LogP contribution is 2.15. The molecule has 0 atom stereocenters. The molecule has 1 aliphatic rings. The lowest BCUT2D eigenvalue weighted by Gasteiger charge is -2.38. The van der Waals surface area contributed by atoms with Crippen LogP contribution >= 0.6 is 0 Å². The summed E-state index contributed by atoms with van der Waals surface area (Å²) in [6.07, 6.45) is 1.65. The lowest BCUT2D eigenvalue weighted by atomic mass is 10.0. The van der Waals surface area contributed by atoms with E-state index in [1.54, 1.807) is 63.8 Å². The number of urea groups is 1. The van der Waals surface area contributed by atoms with Crippen LogP contribution in [0.5, 0.6) is 0 Å². The van der Waals surface area contributed by atoms with Gasteiger partial charge in [-0.2, -0.15) is 4.98 Å². The van der Waals surface area contributed by atoms with Crippen molar-refractivity contribution >= 4 is 29.6 Å². The molecule has 0 bridgehead atoms. The summed E-state index contributed by atoms with van der Waals surface area (Å²) < 4.78 is 6.60. The fourth-order valence-electron chi connectivity index (χ4n) is 4.11. The number of Topliss-reactive ketones (excluding diaryl/α,β-unsaturated/α-hetero) is 1. The van der Waals surface area contributed by atoms with Crippen molar-refractivity contribution in [2.24, 2.45) is 0 Å². The maximum atomic E-state index is 13.0. The molecule has 2 N–H and O–H groups in total. The van der Waals surface area contributed by atoms with Crippen molar-refractivity contribution in [2.75, 3.05) is 31.5 Å². The maximum absolute atomic E-state index is 13.0. The van der Waals surface area contributed by atoms with E-state index in [0.717, 1.165) is 5.56 Å². The largest absolute Gasteiger partial charge is 0.444 e. The average molecular weight is 555 g/mol. The zero-order valence-corrected chi connectivity index (χ0v) is 23.9. The summed E-state index contributed by atoms with van der Waals surface area (Å²) in [5.74, 6) is -0.0370. The van der Waals surface area contributed by atoms with E-state index in [-0.39, 0.29) is 43.7 Å². The lowest BCUT2D eigenvalue weighted by molar-refractivity contribution is -0.138. The summed E-state index contributed by atoms with van der Waals surface area (Å²) in [4.78, 5) is 69.3. The molecule has 0 saturated carbocycles. The predicted octanol–water partition coefficient (Wildman–Crippen LogP) is 2.73. The van der Waals surface area contributed by atoms with E-state index < -0.39 is 29.0 Å². The number of piperazine rings is 1. The topological polar surface area (TPSA) is 143 Å². The molecule has 3 rings (SSSR count). The van der Waals surface area contributed by atoms with Gasteiger partial charge >= 0.3 is 17.8 Å². The quantitative estimate of drug-likeness (QED) is 0.536. The normalized spacial score (nSPS) is 13.9. The van der Waals surface area contributed by atoms with Gasteiger partial charge in [0.1, 0.15) is 22.7 Å². The fraction of sp³-hybridized carbons (Fsp3) is 0.500. The van der Waals surface area contributed by atoms with Crippen LogP contribution in [0.25, 0.3) is 5.69 Å². The number of amides is 4. The van der Waals surface area contributed by atoms with E-state index in [1.807, 2.05) is 6.92 Å². The number of rotatable bonds is 7. The molecular formula is C28H38N6O6. The van der Waals surface area contributed by atoms with E-state index in [4.69, 9.17) is 4.74 Å². The summed E-state index contributed by atoms with van der Waals surface area (Å²) in [6, 6.07) is 8.16. The highest BCUT2D eigenvalue weighted by atomic mass is 16.6. The van der Waals surface area contributed by atoms with Crippen LogP contribution < -0.4 is 16.3 Å². The minimum absolute atomic E-state index is 0.109. The lowest BCUT2D eigenvalue weighted by Crippen LogP contribution is -2.60. The van der Waals surface area contributed by atoms with Crippen LogP contribution in [0.3, 0.4) is 0 Å². The molecule has 0 radical (unpaired) electrons. The zero-order valence-electron chi connectivity index (χ0n) is 23.9. The van der Waals surface area contributed by atoms with Crippen molar-refractivity contribution in [1.29, 1.82) is 0 Å². The van der Waals surface area contributed by atoms with Gasteiger partial charge in [0, 0.05) is 45.2 Å². The van der Waals surface area contributed by atoms with Crippen molar-refractivity contribution in [3.8, 4) is 5.69 Å². The zero-order chi connectivity index (χ0) is 29.7. The molecule has 1 fully saturated rings. The van der Waals surface area contributed by atoms with Gasteiger partial charge in [0.2, 0.25) is 5.91 Å². The van der Waals surface area contributed by atoms with Crippen LogP contribution in [-0.4, -0.2) is 80.5 Å². The number of carbonyl (C=O) groups excluding carboxylic acids is 4. The molecule has 1 aromatic carbocycles. The highest BCUT2D eigenvalue weighted by molar-refractivity contribution is 5.90. The number of hydrogen-bond donors (Lipinski definition) is 2. The van der Waals surface area contributed by atoms with E-state index in [2.05, 4.69) is 15.6 Å². The molecule has 12 heteroatoms. The molecule has 216 valence electrons. The molecule has 4 amide bonds. The van der Waals surface area contributed by atoms with Gasteiger partial charge in [0.05, 0.1) is 5.69 Å². The Hall–Kier alpha value is -4.22. The predicted molar refractivity (Wildman–Crippen MR) is 149 cm³/mol. The van der Waals surface area contributed by atoms with Crippen molar-refractivity contribution in [3.63, 3.8) is 0 Å². The number of hydrogen-bond acceptors (Lipinski definition) is 7. The molecule has 0 spiro atoms. The molecule has 40 heavy (non-hydrogen) atoms. The number of aromatic nitrogens is 2. The van der Waals surface area contributed by atoms with Crippen LogP contribution in [0, 0.1) is 0 Å². The van der Waals surface area contributed by atoms with Crippen molar-refractivity contribution in [1.82, 2.24) is 24.7 Å². The Morgan fingerprint density at radius 3 is 2.08 bits per heavy atom. The monoisotopic (exact) mass is 554 g/mol. The van der Waals surface area contributed by atoms with E-state index >= 15 is 0 Å². The smallest absolute Gasteiger partial charge is 0.408 e. The van der Waals surface area contributed by atoms with Crippen LogP contribution in [0.2, 0.25) is 0 Å². The molecule has 1 aliphatic heterocycles. The summed E-state index contributed by atoms with van der Waals surface area (Å²) in [7, 11) is 0. The Labute approximate surface area is 233 Å². The molecule has 1 aromatic heterocycles. The third-order valence-corrected chi connectivity index (χ3v) is 6.25. The molecular weight excluding hydrogens is 516 g/mol. The maximum Gasteiger partial charge on any atom is 0.408 e. The summed E-state index contributed by atoms with van der Waals surface area (Å²) in [5, 5.41) is 5.25. The van der Waals surface area contributed by atoms with Gasteiger partial charge in [0.15, 0.2) is 0 Å². The van der Waals surface area contributed by atoms with Crippen molar-refractivity contribution in [3.05, 3.63) is 52.6 Å². The van der Waals surface area contributed by atoms with Gasteiger partial charge in [-0.15, -0.1) is 0 Å². The number of ether oxygens (including phenoxy) is 1. The van der Waals surface area contributed by atoms with E-state index in [9.17, 15) is 24.0 Å². The molecule has 1 saturated heterocycles. The second-order valence-electron chi connectivity index (χ2n) is 11.2. The van der Waals surface area contributed by atoms with E-state index in [0.29, 0.717) is 18.5 Å². The van der Waals surface area contributed by atoms with Gasteiger partial charge in [-0.3, -0.25) is 19.5 Å². The molecule has 2 heterocycles. The summed E-state index contributed by atoms with van der Waals surface area (Å²) in [5.41, 5.74) is -0.984. The van der Waals surface area contributed by atoms with Crippen LogP contribution in [-0.2, 0) is 20.7 Å². The first-order chi connectivity index (χ1) is 18.7. The van der Waals surface area contributed by atoms with Crippen LogP contribution in [0.4, 0.5) is 15.4 Å². The van der Waals surface area contributed by atoms with Crippen molar-refractivity contribution in [2.45, 2.75) is 65.5 Å². The third-order valence-electron chi connectivity index (χ3n) is 6.25. The minimum atomic E-state index is -1.19. The molecule has 2 aromatic rings. The van der Waals surface area contributed by atoms with Gasteiger partial charge in [0.25, 0.3) is 0 Å². The highest BCUT2D eigenvalue weighted by Gasteiger charge is 2.36. The summed E-state index contributed by atoms with van der Waals surface area (Å²) >= 11 is 0. The Bertz CT molecular complexity index is 1300. The first kappa shape index (κ1) is 30.3. The third kappa shape index (κ3) is 8.14. The Kier molecular flexibility index (Phi) is 9.33. The number of anilines is 1. The fourth-order valence-corrected chi connectivity index (χ4v) is 4.11. The first-order valence-electron chi connectivity index (χ1n) is 13.3. The van der Waals surface area contributed by atoms with E-state index in [1.165, 1.54) is 21.7 Å². The average Bonchev–Trinajstić information content (AvgIpc) is 2.87. The second-order valence-corrected chi connectivity index (χ2v) is 11.2. The molecule has 0 aliphatic carbocycles. The van der Waals surface area contributed by atoms with Gasteiger partial charge < -0.3 is 19.9 Å². The Morgan fingerprint density at radius 2 is 1.52 bits per heavy atom. The number of ketones is 1. The van der Waals surface area contributed by atoms with Crippen molar-refractivity contribution < 1.29 is 23.9 Å². The Balaban J connectivity index is 1.55. The standard InChI is InChI=1S/C28H38N6O6/c1-7-21(35)18-19-8-10-20(11-9-19)34-13-12-22(30-25(34)38)29-24(37)33-16-14-32(15-17-33)23(36)28(5,6)31-26(39)40-27(2,3)4/h8-13H,7,14-18H2,1-6H3,(H,31,39)(H,29,30,37,38). The summed E-state index contributed by atoms with van der Waals surface area (Å²) in [6.45, 7) is 11.3. The SMILES string of the molecule is CCC(=O)Cc1ccc(-n2ccc(NC(=O)N3CCN(C(=O)C(C)(C)NC(=O)OC(C)(C)C)CC3)nc2=O)cc1. The number of alkyl carbamates (subject to hydrolysis) is 1.